The average Bonchev–Trinajstić information content (AvgIpc) is 3.00. The van der Waals surface area contributed by atoms with Crippen molar-refractivity contribution in [1.82, 2.24) is 4.90 Å². The van der Waals surface area contributed by atoms with Gasteiger partial charge in [-0.25, -0.2) is 0 Å². The number of amides is 1. The van der Waals surface area contributed by atoms with Gasteiger partial charge in [0.1, 0.15) is 11.4 Å². The highest BCUT2D eigenvalue weighted by atomic mass is 16.6. The van der Waals surface area contributed by atoms with Crippen LogP contribution < -0.4 is 5.32 Å². The second kappa shape index (κ2) is 19.1. The van der Waals surface area contributed by atoms with Crippen molar-refractivity contribution in [1.29, 1.82) is 0 Å². The van der Waals surface area contributed by atoms with E-state index in [2.05, 4.69) is 65.7 Å². The summed E-state index contributed by atoms with van der Waals surface area (Å²) in [6, 6.07) is 26.1. The molecule has 0 saturated heterocycles. The number of rotatable bonds is 19. The molecule has 2 N–H and O–H groups in total. The number of nitrogens with one attached hydrogen (secondary N) is 1. The van der Waals surface area contributed by atoms with E-state index in [0.717, 1.165) is 25.2 Å². The van der Waals surface area contributed by atoms with E-state index in [-0.39, 0.29) is 42.5 Å². The molecular formula is C38H52N2O6. The van der Waals surface area contributed by atoms with Gasteiger partial charge in [-0.3, -0.25) is 14.5 Å². The predicted molar refractivity (Wildman–Crippen MR) is 182 cm³/mol. The van der Waals surface area contributed by atoms with Gasteiger partial charge in [-0.1, -0.05) is 80.6 Å². The largest absolute Gasteiger partial charge is 0.506 e. The molecule has 0 aromatic heterocycles. The molecule has 1 amide bonds. The summed E-state index contributed by atoms with van der Waals surface area (Å²) in [6.07, 6.45) is 1.54. The van der Waals surface area contributed by atoms with Crippen molar-refractivity contribution in [3.05, 3.63) is 95.6 Å². The molecule has 46 heavy (non-hydrogen) atoms. The van der Waals surface area contributed by atoms with Crippen LogP contribution in [0.2, 0.25) is 0 Å². The fraction of sp³-hybridized carbons (Fsp3) is 0.474. The number of carbonyl (C=O) groups is 2. The van der Waals surface area contributed by atoms with Crippen molar-refractivity contribution >= 4 is 17.6 Å². The van der Waals surface area contributed by atoms with Gasteiger partial charge in [0.05, 0.1) is 44.5 Å². The third-order valence-corrected chi connectivity index (χ3v) is 7.38. The molecule has 0 aliphatic rings. The summed E-state index contributed by atoms with van der Waals surface area (Å²) in [7, 11) is 0. The quantitative estimate of drug-likeness (QED) is 0.0834. The van der Waals surface area contributed by atoms with Crippen molar-refractivity contribution in [2.45, 2.75) is 72.6 Å². The van der Waals surface area contributed by atoms with Crippen LogP contribution in [0.5, 0.6) is 5.75 Å². The van der Waals surface area contributed by atoms with Gasteiger partial charge in [0.2, 0.25) is 5.91 Å². The topological polar surface area (TPSA) is 97.3 Å². The first kappa shape index (κ1) is 36.7. The normalized spacial score (nSPS) is 12.9. The first-order valence-corrected chi connectivity index (χ1v) is 16.3. The number of carbonyl (C=O) groups excluding carboxylic acids is 2. The molecule has 250 valence electrons. The average molecular weight is 633 g/mol. The van der Waals surface area contributed by atoms with E-state index in [0.29, 0.717) is 38.3 Å². The molecule has 8 heteroatoms. The molecule has 3 rings (SSSR count). The lowest BCUT2D eigenvalue weighted by atomic mass is 9.91. The Morgan fingerprint density at radius 3 is 1.98 bits per heavy atom. The molecule has 3 aromatic carbocycles. The van der Waals surface area contributed by atoms with Crippen molar-refractivity contribution in [3.63, 3.8) is 0 Å². The number of phenols is 1. The second-order valence-electron chi connectivity index (χ2n) is 13.0. The van der Waals surface area contributed by atoms with Crippen molar-refractivity contribution in [2.24, 2.45) is 11.8 Å². The van der Waals surface area contributed by atoms with Crippen LogP contribution in [-0.2, 0) is 43.3 Å². The predicted octanol–water partition coefficient (Wildman–Crippen LogP) is 7.00. The highest BCUT2D eigenvalue weighted by Gasteiger charge is 2.23. The van der Waals surface area contributed by atoms with Crippen molar-refractivity contribution in [3.8, 4) is 5.75 Å². The lowest BCUT2D eigenvalue weighted by Crippen LogP contribution is -2.28. The molecular weight excluding hydrogens is 580 g/mol. The van der Waals surface area contributed by atoms with Crippen LogP contribution in [0, 0.1) is 11.8 Å². The van der Waals surface area contributed by atoms with E-state index in [9.17, 15) is 14.7 Å². The lowest BCUT2D eigenvalue weighted by Gasteiger charge is -2.23. The van der Waals surface area contributed by atoms with E-state index >= 15 is 0 Å². The maximum absolute atomic E-state index is 12.6. The van der Waals surface area contributed by atoms with Gasteiger partial charge >= 0.3 is 5.97 Å². The van der Waals surface area contributed by atoms with Crippen LogP contribution in [0.25, 0.3) is 0 Å². The highest BCUT2D eigenvalue weighted by Crippen LogP contribution is 2.27. The minimum Gasteiger partial charge on any atom is -0.506 e. The second-order valence-corrected chi connectivity index (χ2v) is 13.0. The smallest absolute Gasteiger partial charge is 0.309 e. The molecule has 0 radical (unpaired) electrons. The van der Waals surface area contributed by atoms with E-state index in [1.54, 1.807) is 12.1 Å². The van der Waals surface area contributed by atoms with E-state index in [1.165, 1.54) is 11.1 Å². The van der Waals surface area contributed by atoms with Gasteiger partial charge in [0.15, 0.2) is 0 Å². The van der Waals surface area contributed by atoms with Gasteiger partial charge < -0.3 is 24.6 Å². The minimum atomic E-state index is -0.508. The molecule has 0 aliphatic carbocycles. The molecule has 0 aliphatic heterocycles. The lowest BCUT2D eigenvalue weighted by molar-refractivity contribution is -0.159. The van der Waals surface area contributed by atoms with Crippen LogP contribution in [0.1, 0.15) is 64.2 Å². The first-order chi connectivity index (χ1) is 22.0. The van der Waals surface area contributed by atoms with Gasteiger partial charge in [-0.15, -0.1) is 0 Å². The number of ether oxygens (including phenoxy) is 3. The molecule has 1 unspecified atom stereocenters. The summed E-state index contributed by atoms with van der Waals surface area (Å²) in [5, 5.41) is 13.1. The Balaban J connectivity index is 1.33. The molecule has 8 nitrogen and oxygen atoms in total. The fourth-order valence-corrected chi connectivity index (χ4v) is 5.19. The zero-order chi connectivity index (χ0) is 33.4. The zero-order valence-corrected chi connectivity index (χ0v) is 28.2. The summed E-state index contributed by atoms with van der Waals surface area (Å²) in [4.78, 5) is 27.3. The number of hydrogen-bond donors (Lipinski definition) is 2. The summed E-state index contributed by atoms with van der Waals surface area (Å²) >= 11 is 0. The van der Waals surface area contributed by atoms with Crippen LogP contribution >= 0.6 is 0 Å². The minimum absolute atomic E-state index is 0.00904. The molecule has 0 bridgehead atoms. The number of esters is 1. The Hall–Kier alpha value is -3.72. The number of nitrogens with zero attached hydrogens (tertiary/aromatic N) is 1. The zero-order valence-electron chi connectivity index (χ0n) is 28.2. The SMILES string of the molecule is CC(C[C@@H](C)Cc1ccc(O)c(NC(=O)CCOCCOCCN(Cc2ccccc2)Cc2ccccc2)c1)C(=O)OC(C)(C)C. The van der Waals surface area contributed by atoms with Gasteiger partial charge in [-0.2, -0.15) is 0 Å². The number of hydrogen-bond acceptors (Lipinski definition) is 7. The molecule has 0 saturated carbocycles. The number of phenolic OH excluding ortho intramolecular Hbond substituents is 1. The molecule has 0 spiro atoms. The van der Waals surface area contributed by atoms with Crippen LogP contribution in [0.4, 0.5) is 5.69 Å². The van der Waals surface area contributed by atoms with Crippen LogP contribution in [0.3, 0.4) is 0 Å². The Labute approximate surface area is 275 Å². The maximum Gasteiger partial charge on any atom is 0.309 e. The Morgan fingerprint density at radius 2 is 1.39 bits per heavy atom. The monoisotopic (exact) mass is 632 g/mol. The molecule has 2 atom stereocenters. The fourth-order valence-electron chi connectivity index (χ4n) is 5.19. The first-order valence-electron chi connectivity index (χ1n) is 16.3. The third kappa shape index (κ3) is 14.6. The van der Waals surface area contributed by atoms with Gasteiger partial charge in [-0.05, 0) is 68.4 Å². The standard InChI is InChI=1S/C38H52N2O6/c1-29(24-30(2)37(43)46-38(3,4)5)25-33-16-17-35(41)34(26-33)39-36(42)18-20-44-22-23-45-21-19-40(27-31-12-8-6-9-13-31)28-32-14-10-7-11-15-32/h6-17,26,29-30,41H,18-25,27-28H2,1-5H3,(H,39,42)/t29-,30?/m1/s1. The molecule has 3 aromatic rings. The number of benzene rings is 3. The Morgan fingerprint density at radius 1 is 0.804 bits per heavy atom. The van der Waals surface area contributed by atoms with Gasteiger partial charge in [0.25, 0.3) is 0 Å². The third-order valence-electron chi connectivity index (χ3n) is 7.38. The van der Waals surface area contributed by atoms with Gasteiger partial charge in [0, 0.05) is 19.6 Å². The number of anilines is 1. The Kier molecular flexibility index (Phi) is 15.2. The van der Waals surface area contributed by atoms with Crippen LogP contribution in [0.15, 0.2) is 78.9 Å². The van der Waals surface area contributed by atoms with E-state index in [1.807, 2.05) is 45.9 Å². The van der Waals surface area contributed by atoms with Crippen molar-refractivity contribution in [2.75, 3.05) is 38.3 Å². The van der Waals surface area contributed by atoms with E-state index < -0.39 is 5.60 Å². The Bertz CT molecular complexity index is 1280. The summed E-state index contributed by atoms with van der Waals surface area (Å²) in [5.74, 6) is -0.435. The van der Waals surface area contributed by atoms with Crippen LogP contribution in [-0.4, -0.2) is 60.5 Å². The molecule has 0 heterocycles. The maximum atomic E-state index is 12.6. The molecule has 0 fully saturated rings. The summed E-state index contributed by atoms with van der Waals surface area (Å²) < 4.78 is 17.0. The highest BCUT2D eigenvalue weighted by molar-refractivity contribution is 5.92. The summed E-state index contributed by atoms with van der Waals surface area (Å²) in [5.41, 5.74) is 3.36. The van der Waals surface area contributed by atoms with E-state index in [4.69, 9.17) is 14.2 Å². The summed E-state index contributed by atoms with van der Waals surface area (Å²) in [6.45, 7) is 13.7. The van der Waals surface area contributed by atoms with Crippen molar-refractivity contribution < 1.29 is 28.9 Å². The number of aromatic hydroxyl groups is 1.